The van der Waals surface area contributed by atoms with E-state index in [9.17, 15) is 9.59 Å². The van der Waals surface area contributed by atoms with E-state index in [1.807, 2.05) is 4.57 Å². The van der Waals surface area contributed by atoms with Crippen LogP contribution in [0.3, 0.4) is 0 Å². The van der Waals surface area contributed by atoms with Gasteiger partial charge in [-0.1, -0.05) is 17.7 Å². The van der Waals surface area contributed by atoms with Crippen LogP contribution in [-0.4, -0.2) is 42.5 Å². The Morgan fingerprint density at radius 2 is 1.97 bits per heavy atom. The summed E-state index contributed by atoms with van der Waals surface area (Å²) in [4.78, 5) is 31.4. The second kappa shape index (κ2) is 10.1. The molecule has 2 amide bonds. The number of carbonyl (C=O) groups is 2. The van der Waals surface area contributed by atoms with E-state index in [-0.39, 0.29) is 24.4 Å². The number of rotatable bonds is 9. The van der Waals surface area contributed by atoms with E-state index < -0.39 is 0 Å². The molecule has 9 nitrogen and oxygen atoms in total. The van der Waals surface area contributed by atoms with Crippen LogP contribution in [0, 0.1) is 0 Å². The molecular weight excluding hydrogens is 468 g/mol. The van der Waals surface area contributed by atoms with E-state index in [1.54, 1.807) is 72.2 Å². The maximum Gasteiger partial charge on any atom is 0.254 e. The maximum absolute atomic E-state index is 13.4. The molecule has 178 valence electrons. The van der Waals surface area contributed by atoms with Crippen molar-refractivity contribution >= 4 is 29.1 Å². The molecule has 1 saturated carbocycles. The average Bonchev–Trinajstić information content (AvgIpc) is 3.36. The largest absolute Gasteiger partial charge is 0.419 e. The van der Waals surface area contributed by atoms with Gasteiger partial charge in [0.2, 0.25) is 17.7 Å². The van der Waals surface area contributed by atoms with E-state index >= 15 is 0 Å². The molecule has 2 aromatic heterocycles. The first-order chi connectivity index (χ1) is 17.0. The third-order valence-corrected chi connectivity index (χ3v) is 5.91. The van der Waals surface area contributed by atoms with Gasteiger partial charge in [0.05, 0.1) is 12.9 Å². The third-order valence-electron chi connectivity index (χ3n) is 5.66. The van der Waals surface area contributed by atoms with Gasteiger partial charge in [0.25, 0.3) is 5.91 Å². The molecule has 35 heavy (non-hydrogen) atoms. The number of anilines is 1. The van der Waals surface area contributed by atoms with Gasteiger partial charge in [0.15, 0.2) is 0 Å². The number of benzene rings is 2. The fourth-order valence-electron chi connectivity index (χ4n) is 3.69. The SMILES string of the molecule is O=C(CCn1ccnc1)Nc1cccc(C(=O)N(Cc2nnc(-c3ccc(Cl)cc3)o2)C2CC2)c1. The van der Waals surface area contributed by atoms with Gasteiger partial charge in [-0.3, -0.25) is 9.59 Å². The zero-order chi connectivity index (χ0) is 24.2. The van der Waals surface area contributed by atoms with Crippen LogP contribution in [-0.2, 0) is 17.9 Å². The molecule has 2 aromatic carbocycles. The molecular formula is C25H23ClN6O3. The molecule has 1 N–H and O–H groups in total. The fraction of sp³-hybridized carbons (Fsp3) is 0.240. The zero-order valence-corrected chi connectivity index (χ0v) is 19.6. The highest BCUT2D eigenvalue weighted by Crippen LogP contribution is 2.30. The molecule has 0 spiro atoms. The fourth-order valence-corrected chi connectivity index (χ4v) is 3.82. The Kier molecular flexibility index (Phi) is 6.58. The maximum atomic E-state index is 13.4. The summed E-state index contributed by atoms with van der Waals surface area (Å²) in [6.45, 7) is 0.744. The van der Waals surface area contributed by atoms with Gasteiger partial charge >= 0.3 is 0 Å². The molecule has 10 heteroatoms. The smallest absolute Gasteiger partial charge is 0.254 e. The Morgan fingerprint density at radius 3 is 2.71 bits per heavy atom. The number of nitrogens with zero attached hydrogens (tertiary/aromatic N) is 5. The third kappa shape index (κ3) is 5.75. The van der Waals surface area contributed by atoms with E-state index in [1.165, 1.54) is 0 Å². The summed E-state index contributed by atoms with van der Waals surface area (Å²) in [7, 11) is 0. The van der Waals surface area contributed by atoms with E-state index in [4.69, 9.17) is 16.0 Å². The predicted octanol–water partition coefficient (Wildman–Crippen LogP) is 4.42. The molecule has 2 heterocycles. The highest BCUT2D eigenvalue weighted by atomic mass is 35.5. The van der Waals surface area contributed by atoms with Crippen molar-refractivity contribution in [3.8, 4) is 11.5 Å². The van der Waals surface area contributed by atoms with E-state index in [0.29, 0.717) is 41.0 Å². The second-order valence-electron chi connectivity index (χ2n) is 8.35. The topological polar surface area (TPSA) is 106 Å². The number of aromatic nitrogens is 4. The molecule has 1 aliphatic carbocycles. The van der Waals surface area contributed by atoms with Gasteiger partial charge in [0, 0.05) is 53.2 Å². The number of hydrogen-bond donors (Lipinski definition) is 1. The monoisotopic (exact) mass is 490 g/mol. The Labute approximate surface area is 206 Å². The van der Waals surface area contributed by atoms with Crippen LogP contribution in [0.15, 0.2) is 71.7 Å². The van der Waals surface area contributed by atoms with Crippen LogP contribution < -0.4 is 5.32 Å². The summed E-state index contributed by atoms with van der Waals surface area (Å²) in [5.74, 6) is 0.454. The van der Waals surface area contributed by atoms with Gasteiger partial charge < -0.3 is 19.2 Å². The number of imidazole rings is 1. The Balaban J connectivity index is 1.25. The number of hydrogen-bond acceptors (Lipinski definition) is 6. The summed E-state index contributed by atoms with van der Waals surface area (Å²) in [6.07, 6.45) is 7.30. The van der Waals surface area contributed by atoms with Gasteiger partial charge in [-0.25, -0.2) is 4.98 Å². The number of aryl methyl sites for hydroxylation is 1. The lowest BCUT2D eigenvalue weighted by Crippen LogP contribution is -2.32. The Bertz CT molecular complexity index is 1320. The van der Waals surface area contributed by atoms with E-state index in [0.717, 1.165) is 18.4 Å². The highest BCUT2D eigenvalue weighted by Gasteiger charge is 2.34. The molecule has 0 bridgehead atoms. The van der Waals surface area contributed by atoms with Crippen LogP contribution in [0.5, 0.6) is 0 Å². The van der Waals surface area contributed by atoms with Crippen molar-refractivity contribution in [2.24, 2.45) is 0 Å². The minimum Gasteiger partial charge on any atom is -0.419 e. The van der Waals surface area contributed by atoms with Crippen molar-refractivity contribution in [2.75, 3.05) is 5.32 Å². The second-order valence-corrected chi connectivity index (χ2v) is 8.79. The number of amides is 2. The number of carbonyl (C=O) groups excluding carboxylic acids is 2. The lowest BCUT2D eigenvalue weighted by molar-refractivity contribution is -0.116. The average molecular weight is 491 g/mol. The minimum atomic E-state index is -0.145. The number of nitrogens with one attached hydrogen (secondary N) is 1. The number of halogens is 1. The predicted molar refractivity (Wildman–Crippen MR) is 130 cm³/mol. The molecule has 0 saturated heterocycles. The van der Waals surface area contributed by atoms with Crippen LogP contribution in [0.25, 0.3) is 11.5 Å². The van der Waals surface area contributed by atoms with Gasteiger partial charge in [0.1, 0.15) is 0 Å². The first-order valence-corrected chi connectivity index (χ1v) is 11.7. The normalized spacial score (nSPS) is 12.9. The first-order valence-electron chi connectivity index (χ1n) is 11.3. The molecule has 0 radical (unpaired) electrons. The summed E-state index contributed by atoms with van der Waals surface area (Å²) in [6, 6.07) is 14.2. The van der Waals surface area contributed by atoms with Crippen LogP contribution >= 0.6 is 11.6 Å². The Hall–Kier alpha value is -3.98. The summed E-state index contributed by atoms with van der Waals surface area (Å²) < 4.78 is 7.65. The molecule has 4 aromatic rings. The van der Waals surface area contributed by atoms with Crippen molar-refractivity contribution in [2.45, 2.75) is 38.4 Å². The van der Waals surface area contributed by atoms with Crippen LogP contribution in [0.2, 0.25) is 5.02 Å². The first kappa shape index (κ1) is 22.8. The van der Waals surface area contributed by atoms with Gasteiger partial charge in [-0.15, -0.1) is 10.2 Å². The van der Waals surface area contributed by atoms with Crippen LogP contribution in [0.1, 0.15) is 35.5 Å². The quantitative estimate of drug-likeness (QED) is 0.372. The zero-order valence-electron chi connectivity index (χ0n) is 18.8. The van der Waals surface area contributed by atoms with Crippen molar-refractivity contribution in [1.82, 2.24) is 24.6 Å². The standard InChI is InChI=1S/C25H23ClN6O3/c26-19-6-4-17(5-7-19)24-30-29-23(35-24)15-32(21-8-9-21)25(34)18-2-1-3-20(14-18)28-22(33)10-12-31-13-11-27-16-31/h1-7,11,13-14,16,21H,8-10,12,15H2,(H,28,33). The minimum absolute atomic E-state index is 0.127. The molecule has 0 aliphatic heterocycles. The van der Waals surface area contributed by atoms with Crippen LogP contribution in [0.4, 0.5) is 5.69 Å². The van der Waals surface area contributed by atoms with Crippen molar-refractivity contribution in [3.05, 3.63) is 83.7 Å². The van der Waals surface area contributed by atoms with Gasteiger partial charge in [-0.2, -0.15) is 0 Å². The highest BCUT2D eigenvalue weighted by molar-refractivity contribution is 6.30. The van der Waals surface area contributed by atoms with Gasteiger partial charge in [-0.05, 0) is 55.3 Å². The summed E-state index contributed by atoms with van der Waals surface area (Å²) >= 11 is 5.95. The summed E-state index contributed by atoms with van der Waals surface area (Å²) in [5.41, 5.74) is 1.82. The lowest BCUT2D eigenvalue weighted by atomic mass is 10.1. The molecule has 0 atom stereocenters. The molecule has 1 aliphatic rings. The van der Waals surface area contributed by atoms with Crippen molar-refractivity contribution < 1.29 is 14.0 Å². The van der Waals surface area contributed by atoms with Crippen molar-refractivity contribution in [1.29, 1.82) is 0 Å². The molecule has 5 rings (SSSR count). The van der Waals surface area contributed by atoms with Crippen molar-refractivity contribution in [3.63, 3.8) is 0 Å². The Morgan fingerprint density at radius 1 is 1.14 bits per heavy atom. The summed E-state index contributed by atoms with van der Waals surface area (Å²) in [5, 5.41) is 11.7. The lowest BCUT2D eigenvalue weighted by Gasteiger charge is -2.21. The molecule has 0 unspecified atom stereocenters. The van der Waals surface area contributed by atoms with E-state index in [2.05, 4.69) is 20.5 Å². The molecule has 1 fully saturated rings.